The number of ether oxygens (including phenoxy) is 3. The third kappa shape index (κ3) is 9.64. The summed E-state index contributed by atoms with van der Waals surface area (Å²) in [5, 5.41) is 3.56. The molecule has 0 N–H and O–H groups in total. The molecule has 31 heavy (non-hydrogen) atoms. The van der Waals surface area contributed by atoms with Crippen LogP contribution in [0.25, 0.3) is 10.4 Å². The summed E-state index contributed by atoms with van der Waals surface area (Å²) in [5.74, 6) is 5.13. The number of nitrogens with zero attached hydrogens (tertiary/aromatic N) is 3. The van der Waals surface area contributed by atoms with Crippen LogP contribution in [0.5, 0.6) is 0 Å². The minimum Gasteiger partial charge on any atom is -0.371 e. The van der Waals surface area contributed by atoms with Gasteiger partial charge in [0.1, 0.15) is 0 Å². The van der Waals surface area contributed by atoms with Crippen molar-refractivity contribution in [2.75, 3.05) is 36.3 Å². The highest BCUT2D eigenvalue weighted by Crippen LogP contribution is 2.33. The first kappa shape index (κ1) is 26.4. The van der Waals surface area contributed by atoms with Crippen molar-refractivity contribution in [3.63, 3.8) is 0 Å². The number of thioether (sulfide) groups is 2. The molecule has 8 heteroatoms. The molecule has 0 spiro atoms. The molecular formula is C23H37N3O3S2. The fraction of sp³-hybridized carbons (Fsp3) is 0.739. The van der Waals surface area contributed by atoms with Crippen molar-refractivity contribution in [2.45, 2.75) is 52.6 Å². The van der Waals surface area contributed by atoms with Gasteiger partial charge in [-0.1, -0.05) is 56.2 Å². The van der Waals surface area contributed by atoms with E-state index in [2.05, 4.69) is 49.9 Å². The largest absolute Gasteiger partial charge is 0.371 e. The molecule has 0 amide bonds. The average Bonchev–Trinajstić information content (AvgIpc) is 2.77. The Morgan fingerprint density at radius 3 is 2.61 bits per heavy atom. The summed E-state index contributed by atoms with van der Waals surface area (Å²) in [6.45, 7) is 10.7. The van der Waals surface area contributed by atoms with Gasteiger partial charge in [-0.05, 0) is 53.0 Å². The summed E-state index contributed by atoms with van der Waals surface area (Å²) in [4.78, 5) is 2.78. The monoisotopic (exact) mass is 467 g/mol. The van der Waals surface area contributed by atoms with Gasteiger partial charge in [-0.3, -0.25) is 0 Å². The van der Waals surface area contributed by atoms with E-state index in [0.717, 1.165) is 17.3 Å². The fourth-order valence-electron chi connectivity index (χ4n) is 3.74. The van der Waals surface area contributed by atoms with Crippen molar-refractivity contribution < 1.29 is 14.2 Å². The zero-order chi connectivity index (χ0) is 22.5. The van der Waals surface area contributed by atoms with Crippen LogP contribution in [0.15, 0.2) is 35.4 Å². The lowest BCUT2D eigenvalue weighted by atomic mass is 9.82. The van der Waals surface area contributed by atoms with E-state index in [0.29, 0.717) is 43.5 Å². The SMILES string of the molecule is CC(CSCCN=[N+]=[N-])CSCOCC1OC(C)C(OCc2ccccc2)[C@@H](C)[C@@H]1C. The van der Waals surface area contributed by atoms with Crippen LogP contribution < -0.4 is 0 Å². The highest BCUT2D eigenvalue weighted by molar-refractivity contribution is 8.00. The Morgan fingerprint density at radius 1 is 1.13 bits per heavy atom. The quantitative estimate of drug-likeness (QED) is 0.110. The van der Waals surface area contributed by atoms with E-state index in [1.807, 2.05) is 41.7 Å². The molecule has 4 unspecified atom stereocenters. The van der Waals surface area contributed by atoms with Crippen molar-refractivity contribution in [1.29, 1.82) is 0 Å². The number of rotatable bonds is 14. The van der Waals surface area contributed by atoms with Crippen LogP contribution in [0.4, 0.5) is 0 Å². The first-order chi connectivity index (χ1) is 15.0. The minimum atomic E-state index is 0.0542. The average molecular weight is 468 g/mol. The van der Waals surface area contributed by atoms with Crippen molar-refractivity contribution in [1.82, 2.24) is 0 Å². The van der Waals surface area contributed by atoms with E-state index in [1.54, 1.807) is 0 Å². The van der Waals surface area contributed by atoms with Crippen LogP contribution in [0.1, 0.15) is 33.3 Å². The maximum absolute atomic E-state index is 8.28. The second-order valence-corrected chi connectivity index (χ2v) is 10.5. The summed E-state index contributed by atoms with van der Waals surface area (Å²) in [7, 11) is 0. The van der Waals surface area contributed by atoms with E-state index in [9.17, 15) is 0 Å². The summed E-state index contributed by atoms with van der Waals surface area (Å²) >= 11 is 3.67. The van der Waals surface area contributed by atoms with Crippen LogP contribution >= 0.6 is 23.5 Å². The highest BCUT2D eigenvalue weighted by Gasteiger charge is 2.40. The van der Waals surface area contributed by atoms with Gasteiger partial charge in [-0.2, -0.15) is 11.8 Å². The van der Waals surface area contributed by atoms with Crippen molar-refractivity contribution >= 4 is 23.5 Å². The standard InChI is InChI=1S/C23H37N3O3S2/c1-17(14-30-11-10-25-26-24)15-31-16-27-13-22-18(2)19(3)23(20(4)29-22)28-12-21-8-6-5-7-9-21/h5-9,17-20,22-23H,10-16H2,1-4H3/t17?,18-,19-,20?,22?,23?/m0/s1. The molecule has 174 valence electrons. The molecule has 0 bridgehead atoms. The van der Waals surface area contributed by atoms with Gasteiger partial charge in [-0.25, -0.2) is 0 Å². The molecule has 0 saturated carbocycles. The fourth-order valence-corrected chi connectivity index (χ4v) is 5.62. The zero-order valence-corrected chi connectivity index (χ0v) is 20.8. The lowest BCUT2D eigenvalue weighted by Crippen LogP contribution is -2.50. The van der Waals surface area contributed by atoms with Gasteiger partial charge >= 0.3 is 0 Å². The van der Waals surface area contributed by atoms with Gasteiger partial charge in [0.15, 0.2) is 0 Å². The van der Waals surface area contributed by atoms with Crippen LogP contribution in [0.3, 0.4) is 0 Å². The Morgan fingerprint density at radius 2 is 1.87 bits per heavy atom. The third-order valence-corrected chi connectivity index (χ3v) is 8.14. The number of benzene rings is 1. The molecule has 2 rings (SSSR count). The van der Waals surface area contributed by atoms with Crippen molar-refractivity contribution in [2.24, 2.45) is 22.9 Å². The topological polar surface area (TPSA) is 76.5 Å². The second kappa shape index (κ2) is 15.0. The lowest BCUT2D eigenvalue weighted by molar-refractivity contribution is -0.195. The molecule has 0 radical (unpaired) electrons. The molecule has 6 atom stereocenters. The van der Waals surface area contributed by atoms with E-state index in [4.69, 9.17) is 19.7 Å². The first-order valence-electron chi connectivity index (χ1n) is 11.1. The van der Waals surface area contributed by atoms with Gasteiger partial charge in [0.2, 0.25) is 0 Å². The normalized spacial score (nSPS) is 26.9. The van der Waals surface area contributed by atoms with Gasteiger partial charge in [0.25, 0.3) is 0 Å². The molecule has 0 aromatic heterocycles. The molecule has 1 fully saturated rings. The Bertz CT molecular complexity index is 661. The predicted molar refractivity (Wildman–Crippen MR) is 131 cm³/mol. The lowest BCUT2D eigenvalue weighted by Gasteiger charge is -2.43. The van der Waals surface area contributed by atoms with Crippen molar-refractivity contribution in [3.8, 4) is 0 Å². The number of hydrogen-bond acceptors (Lipinski definition) is 6. The van der Waals surface area contributed by atoms with Crippen LogP contribution in [-0.2, 0) is 20.8 Å². The van der Waals surface area contributed by atoms with Crippen LogP contribution in [0.2, 0.25) is 0 Å². The second-order valence-electron chi connectivity index (χ2n) is 8.35. The number of azide groups is 1. The van der Waals surface area contributed by atoms with Gasteiger partial charge < -0.3 is 14.2 Å². The minimum absolute atomic E-state index is 0.0542. The predicted octanol–water partition coefficient (Wildman–Crippen LogP) is 6.02. The van der Waals surface area contributed by atoms with E-state index >= 15 is 0 Å². The number of hydrogen-bond donors (Lipinski definition) is 0. The Balaban J connectivity index is 1.62. The maximum atomic E-state index is 8.28. The molecule has 1 saturated heterocycles. The van der Waals surface area contributed by atoms with Crippen LogP contribution in [-0.4, -0.2) is 54.7 Å². The molecule has 1 aromatic rings. The molecule has 1 heterocycles. The van der Waals surface area contributed by atoms with Gasteiger partial charge in [0, 0.05) is 11.5 Å². The summed E-state index contributed by atoms with van der Waals surface area (Å²) in [6, 6.07) is 10.3. The highest BCUT2D eigenvalue weighted by atomic mass is 32.2. The Hall–Kier alpha value is -0.890. The maximum Gasteiger partial charge on any atom is 0.0922 e. The van der Waals surface area contributed by atoms with Gasteiger partial charge in [-0.15, -0.1) is 11.8 Å². The zero-order valence-electron chi connectivity index (χ0n) is 19.2. The van der Waals surface area contributed by atoms with E-state index < -0.39 is 0 Å². The van der Waals surface area contributed by atoms with E-state index in [-0.39, 0.29) is 18.3 Å². The molecule has 6 nitrogen and oxygen atoms in total. The molecule has 1 aliphatic heterocycles. The summed E-state index contributed by atoms with van der Waals surface area (Å²) in [5.41, 5.74) is 9.47. The summed E-state index contributed by atoms with van der Waals surface area (Å²) in [6.07, 6.45) is 0.257. The third-order valence-electron chi connectivity index (χ3n) is 5.72. The smallest absolute Gasteiger partial charge is 0.0922 e. The Kier molecular flexibility index (Phi) is 12.8. The molecular weight excluding hydrogens is 430 g/mol. The Labute approximate surface area is 195 Å². The summed E-state index contributed by atoms with van der Waals surface area (Å²) < 4.78 is 18.5. The van der Waals surface area contributed by atoms with Crippen LogP contribution in [0, 0.1) is 17.8 Å². The first-order valence-corrected chi connectivity index (χ1v) is 13.4. The van der Waals surface area contributed by atoms with Gasteiger partial charge in [0.05, 0.1) is 37.5 Å². The molecule has 1 aliphatic rings. The van der Waals surface area contributed by atoms with E-state index in [1.165, 1.54) is 5.56 Å². The molecule has 0 aliphatic carbocycles. The molecule has 1 aromatic carbocycles. The van der Waals surface area contributed by atoms with Crippen molar-refractivity contribution in [3.05, 3.63) is 46.3 Å².